The van der Waals surface area contributed by atoms with Gasteiger partial charge in [0.2, 0.25) is 0 Å². The summed E-state index contributed by atoms with van der Waals surface area (Å²) in [4.78, 5) is 2.68. The zero-order valence-electron chi connectivity index (χ0n) is 43.5. The van der Waals surface area contributed by atoms with Crippen molar-refractivity contribution in [3.63, 3.8) is 0 Å². The number of fused-ring (bicyclic) bond motifs is 3. The Bertz CT molecular complexity index is 3990. The maximum atomic E-state index is 2.68. The van der Waals surface area contributed by atoms with E-state index >= 15 is 0 Å². The summed E-state index contributed by atoms with van der Waals surface area (Å²) in [7, 11) is 0. The number of aromatic nitrogens is 1. The summed E-state index contributed by atoms with van der Waals surface area (Å²) in [6.45, 7) is 17.8. The molecule has 0 aliphatic carbocycles. The Labute approximate surface area is 434 Å². The Morgan fingerprint density at radius 3 is 1.03 bits per heavy atom. The van der Waals surface area contributed by atoms with E-state index in [1.807, 2.05) is 0 Å². The fourth-order valence-electron chi connectivity index (χ4n) is 12.7. The van der Waals surface area contributed by atoms with Crippen molar-refractivity contribution < 1.29 is 0 Å². The predicted octanol–water partition coefficient (Wildman–Crippen LogP) is 20.3. The van der Waals surface area contributed by atoms with E-state index in [1.165, 1.54) is 149 Å². The largest absolute Gasteiger partial charge is 0.309 e. The molecule has 0 bridgehead atoms. The van der Waals surface area contributed by atoms with Crippen molar-refractivity contribution in [1.82, 2.24) is 4.57 Å². The maximum absolute atomic E-state index is 2.68. The molecule has 13 rings (SSSR count). The van der Waals surface area contributed by atoms with Gasteiger partial charge < -0.3 is 9.47 Å². The molecular weight excluding hydrogens is 893 g/mol. The second-order valence-electron chi connectivity index (χ2n) is 21.2. The van der Waals surface area contributed by atoms with Gasteiger partial charge in [-0.15, -0.1) is 0 Å². The summed E-state index contributed by atoms with van der Waals surface area (Å²) in [5.74, 6) is 0. The number of para-hydroxylation sites is 4. The zero-order valence-corrected chi connectivity index (χ0v) is 43.5. The monoisotopic (exact) mass is 950 g/mol. The normalized spacial score (nSPS) is 11.8. The molecule has 0 fully saturated rings. The Hall–Kier alpha value is -8.72. The predicted molar refractivity (Wildman–Crippen MR) is 319 cm³/mol. The highest BCUT2D eigenvalue weighted by molar-refractivity contribution is 6.28. The van der Waals surface area contributed by atoms with Crippen LogP contribution in [0.25, 0.3) is 104 Å². The van der Waals surface area contributed by atoms with E-state index in [0.717, 1.165) is 17.1 Å². The standard InChI is InChI=1S/C72H58N2/c1-43-31-44(2)36-53(35-43)57-17-13-18-58(54-37-45(3)32-46(4)38-54)71(57)74(72-59(55-39-47(5)33-48(6)40-55)19-14-20-60(72)56-41-49(7)34-50(8)42-56)68-30-26-52-23-27-63-67(29-25-51-24-28-64(68)70(52)69(51)63)73-65-21-11-9-15-61(65)62-16-10-12-22-66(62)73/h9-42H,1-8H3. The van der Waals surface area contributed by atoms with Crippen LogP contribution in [0, 0.1) is 55.4 Å². The molecule has 13 aromatic rings. The number of rotatable bonds is 8. The first-order valence-corrected chi connectivity index (χ1v) is 26.1. The minimum Gasteiger partial charge on any atom is -0.309 e. The molecule has 2 nitrogen and oxygen atoms in total. The van der Waals surface area contributed by atoms with E-state index in [2.05, 4.69) is 271 Å². The van der Waals surface area contributed by atoms with Gasteiger partial charge in [0.15, 0.2) is 0 Å². The number of benzene rings is 12. The summed E-state index contributed by atoms with van der Waals surface area (Å²) < 4.78 is 2.48. The van der Waals surface area contributed by atoms with E-state index in [4.69, 9.17) is 0 Å². The average molecular weight is 951 g/mol. The van der Waals surface area contributed by atoms with Gasteiger partial charge in [-0.05, 0) is 123 Å². The van der Waals surface area contributed by atoms with Gasteiger partial charge in [-0.25, -0.2) is 0 Å². The van der Waals surface area contributed by atoms with Gasteiger partial charge in [-0.2, -0.15) is 0 Å². The lowest BCUT2D eigenvalue weighted by atomic mass is 9.87. The van der Waals surface area contributed by atoms with Crippen LogP contribution in [0.4, 0.5) is 17.1 Å². The topological polar surface area (TPSA) is 8.17 Å². The molecule has 0 unspecified atom stereocenters. The van der Waals surface area contributed by atoms with E-state index in [9.17, 15) is 0 Å². The summed E-state index contributed by atoms with van der Waals surface area (Å²) in [5.41, 5.74) is 26.4. The average Bonchev–Trinajstić information content (AvgIpc) is 3.71. The summed E-state index contributed by atoms with van der Waals surface area (Å²) >= 11 is 0. The third-order valence-electron chi connectivity index (χ3n) is 15.3. The van der Waals surface area contributed by atoms with E-state index < -0.39 is 0 Å². The molecule has 1 heterocycles. The number of hydrogen-bond donors (Lipinski definition) is 0. The first-order chi connectivity index (χ1) is 35.9. The maximum Gasteiger partial charge on any atom is 0.0619 e. The van der Waals surface area contributed by atoms with Crippen molar-refractivity contribution in [3.05, 3.63) is 251 Å². The third-order valence-corrected chi connectivity index (χ3v) is 15.3. The van der Waals surface area contributed by atoms with Crippen LogP contribution in [0.15, 0.2) is 206 Å². The van der Waals surface area contributed by atoms with Crippen LogP contribution in [0.3, 0.4) is 0 Å². The van der Waals surface area contributed by atoms with Crippen LogP contribution in [0.5, 0.6) is 0 Å². The molecule has 0 saturated carbocycles. The lowest BCUT2D eigenvalue weighted by Crippen LogP contribution is -2.16. The van der Waals surface area contributed by atoms with Gasteiger partial charge in [0, 0.05) is 43.8 Å². The highest BCUT2D eigenvalue weighted by Gasteiger charge is 2.30. The molecule has 74 heavy (non-hydrogen) atoms. The molecule has 0 radical (unpaired) electrons. The van der Waals surface area contributed by atoms with Crippen LogP contribution in [0.1, 0.15) is 44.5 Å². The fraction of sp³-hybridized carbons (Fsp3) is 0.111. The minimum absolute atomic E-state index is 1.12. The van der Waals surface area contributed by atoms with Crippen LogP contribution >= 0.6 is 0 Å². The number of nitrogens with zero attached hydrogens (tertiary/aromatic N) is 2. The lowest BCUT2D eigenvalue weighted by molar-refractivity contribution is 1.20. The molecule has 0 aliphatic heterocycles. The molecule has 0 aliphatic rings. The van der Waals surface area contributed by atoms with E-state index in [-0.39, 0.29) is 0 Å². The molecule has 0 atom stereocenters. The van der Waals surface area contributed by atoms with Crippen LogP contribution in [-0.2, 0) is 0 Å². The Morgan fingerprint density at radius 1 is 0.284 bits per heavy atom. The molecule has 0 N–H and O–H groups in total. The molecule has 0 saturated heterocycles. The Balaban J connectivity index is 1.22. The molecule has 12 aromatic carbocycles. The first-order valence-electron chi connectivity index (χ1n) is 26.1. The van der Waals surface area contributed by atoms with Crippen molar-refractivity contribution in [2.24, 2.45) is 0 Å². The van der Waals surface area contributed by atoms with Gasteiger partial charge in [0.25, 0.3) is 0 Å². The van der Waals surface area contributed by atoms with Gasteiger partial charge in [0.05, 0.1) is 33.8 Å². The van der Waals surface area contributed by atoms with Crippen LogP contribution < -0.4 is 4.90 Å². The molecule has 0 spiro atoms. The van der Waals surface area contributed by atoms with Gasteiger partial charge in [-0.1, -0.05) is 226 Å². The molecule has 1 aromatic heterocycles. The quantitative estimate of drug-likeness (QED) is 0.138. The van der Waals surface area contributed by atoms with Gasteiger partial charge in [0.1, 0.15) is 0 Å². The van der Waals surface area contributed by atoms with Crippen molar-refractivity contribution in [1.29, 1.82) is 0 Å². The van der Waals surface area contributed by atoms with Crippen molar-refractivity contribution in [2.45, 2.75) is 55.4 Å². The smallest absolute Gasteiger partial charge is 0.0619 e. The first kappa shape index (κ1) is 45.2. The highest BCUT2D eigenvalue weighted by Crippen LogP contribution is 2.55. The highest BCUT2D eigenvalue weighted by atomic mass is 15.2. The van der Waals surface area contributed by atoms with Crippen molar-refractivity contribution in [2.75, 3.05) is 4.90 Å². The van der Waals surface area contributed by atoms with E-state index in [0.29, 0.717) is 0 Å². The number of aryl methyl sites for hydroxylation is 8. The summed E-state index contributed by atoms with van der Waals surface area (Å²) in [6.07, 6.45) is 0. The fourth-order valence-corrected chi connectivity index (χ4v) is 12.7. The molecular formula is C72H58N2. The van der Waals surface area contributed by atoms with Crippen molar-refractivity contribution >= 4 is 71.2 Å². The SMILES string of the molecule is Cc1cc(C)cc(-c2cccc(-c3cc(C)cc(C)c3)c2N(c2c(-c3cc(C)cc(C)c3)cccc2-c2cc(C)cc(C)c2)c2ccc3ccc4c(-n5c6ccccc6c6ccccc65)ccc5ccc2c3c54)c1. The summed E-state index contributed by atoms with van der Waals surface area (Å²) in [5, 5.41) is 9.93. The summed E-state index contributed by atoms with van der Waals surface area (Å²) in [6, 6.07) is 78.7. The van der Waals surface area contributed by atoms with Crippen LogP contribution in [0.2, 0.25) is 0 Å². The van der Waals surface area contributed by atoms with Gasteiger partial charge in [-0.3, -0.25) is 0 Å². The van der Waals surface area contributed by atoms with E-state index in [1.54, 1.807) is 0 Å². The third kappa shape index (κ3) is 7.47. The number of hydrogen-bond acceptors (Lipinski definition) is 1. The lowest BCUT2D eigenvalue weighted by Gasteiger charge is -2.35. The minimum atomic E-state index is 1.12. The molecule has 2 heteroatoms. The second-order valence-corrected chi connectivity index (χ2v) is 21.2. The Kier molecular flexibility index (Phi) is 10.7. The Morgan fingerprint density at radius 2 is 0.622 bits per heavy atom. The number of anilines is 3. The van der Waals surface area contributed by atoms with Gasteiger partial charge >= 0.3 is 0 Å². The molecule has 356 valence electrons. The molecule has 0 amide bonds. The zero-order chi connectivity index (χ0) is 50.5. The van der Waals surface area contributed by atoms with Crippen molar-refractivity contribution in [3.8, 4) is 50.2 Å². The van der Waals surface area contributed by atoms with Crippen LogP contribution in [-0.4, -0.2) is 4.57 Å². The second kappa shape index (κ2) is 17.5.